The van der Waals surface area contributed by atoms with Crippen molar-refractivity contribution in [2.75, 3.05) is 13.0 Å². The first-order valence-electron chi connectivity index (χ1n) is 8.53. The number of nitrogen functional groups attached to an aromatic ring is 1. The van der Waals surface area contributed by atoms with Gasteiger partial charge in [-0.1, -0.05) is 42.1 Å². The second kappa shape index (κ2) is 8.75. The molecule has 0 unspecified atom stereocenters. The lowest BCUT2D eigenvalue weighted by atomic mass is 10.2. The standard InChI is InChI=1S/C19H20FN5O2S/c1-12(18(26)22-11-13-7-3-6-10-16(13)27-2)28-19-24-23-17(25(19)21)14-8-4-5-9-15(14)20/h3-10,12H,11,21H2,1-2H3,(H,22,26)/t12-/m1/s1. The normalized spacial score (nSPS) is 11.8. The van der Waals surface area contributed by atoms with Crippen LogP contribution in [-0.2, 0) is 11.3 Å². The van der Waals surface area contributed by atoms with Gasteiger partial charge in [-0.2, -0.15) is 0 Å². The Labute approximate surface area is 166 Å². The Morgan fingerprint density at radius 1 is 1.25 bits per heavy atom. The fraction of sp³-hybridized carbons (Fsp3) is 0.211. The number of nitrogens with two attached hydrogens (primary N) is 1. The predicted molar refractivity (Wildman–Crippen MR) is 106 cm³/mol. The Morgan fingerprint density at radius 2 is 1.96 bits per heavy atom. The number of carbonyl (C=O) groups is 1. The first kappa shape index (κ1) is 19.7. The average Bonchev–Trinajstić information content (AvgIpc) is 3.06. The van der Waals surface area contributed by atoms with E-state index in [9.17, 15) is 9.18 Å². The van der Waals surface area contributed by atoms with Gasteiger partial charge in [0.1, 0.15) is 11.6 Å². The van der Waals surface area contributed by atoms with Crippen LogP contribution in [-0.4, -0.2) is 33.1 Å². The summed E-state index contributed by atoms with van der Waals surface area (Å²) in [6.07, 6.45) is 0. The van der Waals surface area contributed by atoms with Crippen LogP contribution < -0.4 is 15.9 Å². The lowest BCUT2D eigenvalue weighted by molar-refractivity contribution is -0.120. The lowest BCUT2D eigenvalue weighted by Crippen LogP contribution is -2.31. The SMILES string of the molecule is COc1ccccc1CNC(=O)[C@@H](C)Sc1nnc(-c2ccccc2F)n1N. The number of hydrogen-bond acceptors (Lipinski definition) is 6. The topological polar surface area (TPSA) is 95.1 Å². The van der Waals surface area contributed by atoms with Gasteiger partial charge in [0.05, 0.1) is 17.9 Å². The number of rotatable bonds is 7. The van der Waals surface area contributed by atoms with Gasteiger partial charge in [0.15, 0.2) is 5.82 Å². The van der Waals surface area contributed by atoms with Crippen molar-refractivity contribution in [2.45, 2.75) is 23.9 Å². The number of thioether (sulfide) groups is 1. The maximum atomic E-state index is 14.0. The minimum Gasteiger partial charge on any atom is -0.496 e. The zero-order chi connectivity index (χ0) is 20.1. The van der Waals surface area contributed by atoms with Crippen molar-refractivity contribution >= 4 is 17.7 Å². The zero-order valence-electron chi connectivity index (χ0n) is 15.4. The first-order valence-corrected chi connectivity index (χ1v) is 9.41. The van der Waals surface area contributed by atoms with Crippen LogP contribution >= 0.6 is 11.8 Å². The van der Waals surface area contributed by atoms with Crippen LogP contribution in [0.3, 0.4) is 0 Å². The quantitative estimate of drug-likeness (QED) is 0.467. The fourth-order valence-electron chi connectivity index (χ4n) is 2.57. The summed E-state index contributed by atoms with van der Waals surface area (Å²) in [5.74, 6) is 6.28. The van der Waals surface area contributed by atoms with Crippen molar-refractivity contribution in [1.29, 1.82) is 0 Å². The van der Waals surface area contributed by atoms with Crippen LogP contribution in [0, 0.1) is 5.82 Å². The minimum atomic E-state index is -0.477. The summed E-state index contributed by atoms with van der Waals surface area (Å²) in [4.78, 5) is 12.4. The van der Waals surface area contributed by atoms with Gasteiger partial charge in [-0.3, -0.25) is 4.79 Å². The van der Waals surface area contributed by atoms with E-state index >= 15 is 0 Å². The molecular formula is C19H20FN5O2S. The second-order valence-electron chi connectivity index (χ2n) is 5.95. The van der Waals surface area contributed by atoms with E-state index in [1.807, 2.05) is 24.3 Å². The fourth-order valence-corrected chi connectivity index (χ4v) is 3.36. The van der Waals surface area contributed by atoms with Crippen LogP contribution in [0.2, 0.25) is 0 Å². The number of para-hydroxylation sites is 1. The maximum absolute atomic E-state index is 14.0. The summed E-state index contributed by atoms with van der Waals surface area (Å²) in [6, 6.07) is 13.6. The van der Waals surface area contributed by atoms with Gasteiger partial charge in [0.2, 0.25) is 11.1 Å². The highest BCUT2D eigenvalue weighted by molar-refractivity contribution is 8.00. The molecule has 0 saturated carbocycles. The monoisotopic (exact) mass is 401 g/mol. The molecule has 3 rings (SSSR count). The molecule has 1 atom stereocenters. The highest BCUT2D eigenvalue weighted by Crippen LogP contribution is 2.26. The number of amides is 1. The number of aromatic nitrogens is 3. The van der Waals surface area contributed by atoms with Crippen LogP contribution in [0.25, 0.3) is 11.4 Å². The van der Waals surface area contributed by atoms with E-state index in [4.69, 9.17) is 10.6 Å². The number of methoxy groups -OCH3 is 1. The second-order valence-corrected chi connectivity index (χ2v) is 7.25. The number of ether oxygens (including phenoxy) is 1. The van der Waals surface area contributed by atoms with Crippen molar-refractivity contribution in [3.8, 4) is 17.1 Å². The van der Waals surface area contributed by atoms with E-state index in [0.29, 0.717) is 17.5 Å². The largest absolute Gasteiger partial charge is 0.496 e. The molecule has 2 aromatic carbocycles. The molecule has 0 aliphatic rings. The van der Waals surface area contributed by atoms with Gasteiger partial charge in [-0.15, -0.1) is 10.2 Å². The molecular weight excluding hydrogens is 381 g/mol. The van der Waals surface area contributed by atoms with Crippen molar-refractivity contribution < 1.29 is 13.9 Å². The molecule has 0 spiro atoms. The zero-order valence-corrected chi connectivity index (χ0v) is 16.2. The Hall–Kier alpha value is -3.07. The third kappa shape index (κ3) is 4.25. The average molecular weight is 401 g/mol. The molecule has 7 nitrogen and oxygen atoms in total. The van der Waals surface area contributed by atoms with Crippen LogP contribution in [0.5, 0.6) is 5.75 Å². The molecule has 0 aliphatic carbocycles. The molecule has 3 aromatic rings. The van der Waals surface area contributed by atoms with Crippen LogP contribution in [0.15, 0.2) is 53.7 Å². The third-order valence-corrected chi connectivity index (χ3v) is 5.13. The van der Waals surface area contributed by atoms with E-state index in [1.165, 1.54) is 10.7 Å². The van der Waals surface area contributed by atoms with E-state index in [1.54, 1.807) is 32.2 Å². The highest BCUT2D eigenvalue weighted by Gasteiger charge is 2.21. The molecule has 1 heterocycles. The van der Waals surface area contributed by atoms with Crippen molar-refractivity contribution in [3.63, 3.8) is 0 Å². The minimum absolute atomic E-state index is 0.189. The van der Waals surface area contributed by atoms with E-state index < -0.39 is 11.1 Å². The molecule has 0 radical (unpaired) electrons. The molecule has 0 bridgehead atoms. The van der Waals surface area contributed by atoms with Gasteiger partial charge in [0, 0.05) is 12.1 Å². The van der Waals surface area contributed by atoms with Gasteiger partial charge in [-0.05, 0) is 25.1 Å². The van der Waals surface area contributed by atoms with E-state index in [0.717, 1.165) is 17.3 Å². The Morgan fingerprint density at radius 3 is 2.71 bits per heavy atom. The Bertz CT molecular complexity index is 978. The van der Waals surface area contributed by atoms with Crippen molar-refractivity contribution in [3.05, 3.63) is 59.9 Å². The highest BCUT2D eigenvalue weighted by atomic mass is 32.2. The Kier molecular flexibility index (Phi) is 6.15. The smallest absolute Gasteiger partial charge is 0.233 e. The summed E-state index contributed by atoms with van der Waals surface area (Å²) in [5, 5.41) is 10.6. The molecule has 0 aliphatic heterocycles. The summed E-state index contributed by atoms with van der Waals surface area (Å²) >= 11 is 1.14. The molecule has 9 heteroatoms. The van der Waals surface area contributed by atoms with Crippen molar-refractivity contribution in [1.82, 2.24) is 20.2 Å². The van der Waals surface area contributed by atoms with E-state index in [2.05, 4.69) is 15.5 Å². The van der Waals surface area contributed by atoms with Crippen LogP contribution in [0.4, 0.5) is 4.39 Å². The number of halogens is 1. The van der Waals surface area contributed by atoms with E-state index in [-0.39, 0.29) is 17.3 Å². The predicted octanol–water partition coefficient (Wildman–Crippen LogP) is 2.60. The summed E-state index contributed by atoms with van der Waals surface area (Å²) < 4.78 is 20.4. The number of hydrogen-bond donors (Lipinski definition) is 2. The van der Waals surface area contributed by atoms with Gasteiger partial charge >= 0.3 is 0 Å². The number of carbonyl (C=O) groups excluding carboxylic acids is 1. The molecule has 0 fully saturated rings. The van der Waals surface area contributed by atoms with Gasteiger partial charge in [0.25, 0.3) is 0 Å². The summed E-state index contributed by atoms with van der Waals surface area (Å²) in [6.45, 7) is 2.07. The van der Waals surface area contributed by atoms with Crippen molar-refractivity contribution in [2.24, 2.45) is 0 Å². The summed E-state index contributed by atoms with van der Waals surface area (Å²) in [5.41, 5.74) is 1.12. The van der Waals surface area contributed by atoms with Gasteiger partial charge in [-0.25, -0.2) is 9.07 Å². The molecule has 28 heavy (non-hydrogen) atoms. The molecule has 146 valence electrons. The Balaban J connectivity index is 1.65. The number of benzene rings is 2. The number of nitrogens with zero attached hydrogens (tertiary/aromatic N) is 3. The van der Waals surface area contributed by atoms with Gasteiger partial charge < -0.3 is 15.9 Å². The number of nitrogens with one attached hydrogen (secondary N) is 1. The first-order chi connectivity index (χ1) is 13.5. The molecule has 0 saturated heterocycles. The lowest BCUT2D eigenvalue weighted by Gasteiger charge is -2.13. The third-order valence-electron chi connectivity index (χ3n) is 4.08. The maximum Gasteiger partial charge on any atom is 0.233 e. The molecule has 3 N–H and O–H groups in total. The summed E-state index contributed by atoms with van der Waals surface area (Å²) in [7, 11) is 1.58. The molecule has 1 aromatic heterocycles. The van der Waals surface area contributed by atoms with Crippen LogP contribution in [0.1, 0.15) is 12.5 Å². The molecule has 1 amide bonds.